The van der Waals surface area contributed by atoms with Gasteiger partial charge in [-0.1, -0.05) is 23.2 Å². The number of carbonyl (C=O) groups excluding carboxylic acids is 2. The van der Waals surface area contributed by atoms with Gasteiger partial charge < -0.3 is 19.7 Å². The lowest BCUT2D eigenvalue weighted by molar-refractivity contribution is -0.119. The van der Waals surface area contributed by atoms with Crippen molar-refractivity contribution >= 4 is 40.7 Å². The van der Waals surface area contributed by atoms with Crippen LogP contribution in [0, 0.1) is 0 Å². The molecule has 2 aromatic carbocycles. The van der Waals surface area contributed by atoms with Crippen molar-refractivity contribution in [2.45, 2.75) is 18.9 Å². The molecule has 28 heavy (non-hydrogen) atoms. The summed E-state index contributed by atoms with van der Waals surface area (Å²) in [6.07, 6.45) is 1.34. The summed E-state index contributed by atoms with van der Waals surface area (Å²) in [5.41, 5.74) is 0.968. The van der Waals surface area contributed by atoms with Gasteiger partial charge in [0.2, 0.25) is 5.91 Å². The highest BCUT2D eigenvalue weighted by Crippen LogP contribution is 2.33. The third-order valence-electron chi connectivity index (χ3n) is 4.74. The van der Waals surface area contributed by atoms with Crippen LogP contribution in [0.2, 0.25) is 10.0 Å². The molecule has 6 nitrogen and oxygen atoms in total. The fraction of sp³-hybridized carbons (Fsp3) is 0.300. The van der Waals surface area contributed by atoms with E-state index in [0.717, 1.165) is 6.42 Å². The normalized spacial score (nSPS) is 18.1. The Labute approximate surface area is 172 Å². The van der Waals surface area contributed by atoms with Crippen LogP contribution in [-0.2, 0) is 4.79 Å². The highest BCUT2D eigenvalue weighted by molar-refractivity contribution is 6.35. The van der Waals surface area contributed by atoms with Crippen LogP contribution in [0.3, 0.4) is 0 Å². The Morgan fingerprint density at radius 2 is 1.71 bits per heavy atom. The zero-order valence-electron chi connectivity index (χ0n) is 14.9. The summed E-state index contributed by atoms with van der Waals surface area (Å²) >= 11 is 12.0. The lowest BCUT2D eigenvalue weighted by Gasteiger charge is -2.24. The average Bonchev–Trinajstić information content (AvgIpc) is 3.16. The van der Waals surface area contributed by atoms with Crippen molar-refractivity contribution in [3.05, 3.63) is 52.0 Å². The van der Waals surface area contributed by atoms with Crippen LogP contribution in [0.5, 0.6) is 11.5 Å². The van der Waals surface area contributed by atoms with Gasteiger partial charge in [0.15, 0.2) is 11.5 Å². The van der Waals surface area contributed by atoms with Gasteiger partial charge in [-0.2, -0.15) is 0 Å². The van der Waals surface area contributed by atoms with Crippen LogP contribution < -0.4 is 14.8 Å². The maximum atomic E-state index is 12.9. The van der Waals surface area contributed by atoms with E-state index < -0.39 is 6.04 Å². The molecule has 2 heterocycles. The number of nitrogens with zero attached hydrogens (tertiary/aromatic N) is 1. The molecular weight excluding hydrogens is 403 g/mol. The summed E-state index contributed by atoms with van der Waals surface area (Å²) in [4.78, 5) is 27.3. The smallest absolute Gasteiger partial charge is 0.254 e. The largest absolute Gasteiger partial charge is 0.486 e. The standard InChI is InChI=1S/C20H18Cl2N2O4/c21-13-8-12(9-14(22)10-13)20(26)24-5-1-2-16(24)19(25)23-15-3-4-17-18(11-15)28-7-6-27-17/h3-4,8-11,16H,1-2,5-7H2,(H,23,25). The van der Waals surface area contributed by atoms with Gasteiger partial charge in [0.25, 0.3) is 5.91 Å². The topological polar surface area (TPSA) is 67.9 Å². The van der Waals surface area contributed by atoms with Crippen LogP contribution in [0.1, 0.15) is 23.2 Å². The molecule has 2 aliphatic rings. The minimum Gasteiger partial charge on any atom is -0.486 e. The highest BCUT2D eigenvalue weighted by atomic mass is 35.5. The van der Waals surface area contributed by atoms with Gasteiger partial charge >= 0.3 is 0 Å². The number of carbonyl (C=O) groups is 2. The second-order valence-electron chi connectivity index (χ2n) is 6.66. The monoisotopic (exact) mass is 420 g/mol. The van der Waals surface area contributed by atoms with Gasteiger partial charge in [0.1, 0.15) is 19.3 Å². The summed E-state index contributed by atoms with van der Waals surface area (Å²) in [6.45, 7) is 1.48. The third-order valence-corrected chi connectivity index (χ3v) is 5.17. The van der Waals surface area contributed by atoms with Crippen molar-refractivity contribution in [1.82, 2.24) is 4.90 Å². The van der Waals surface area contributed by atoms with Crippen molar-refractivity contribution in [2.75, 3.05) is 25.1 Å². The molecule has 8 heteroatoms. The Hall–Kier alpha value is -2.44. The number of anilines is 1. The fourth-order valence-corrected chi connectivity index (χ4v) is 4.00. The Morgan fingerprint density at radius 3 is 2.46 bits per heavy atom. The molecular formula is C20H18Cl2N2O4. The number of rotatable bonds is 3. The van der Waals surface area contributed by atoms with Crippen molar-refractivity contribution in [3.63, 3.8) is 0 Å². The Kier molecular flexibility index (Phi) is 5.33. The molecule has 4 rings (SSSR count). The molecule has 0 spiro atoms. The predicted molar refractivity (Wildman–Crippen MR) is 107 cm³/mol. The molecule has 0 saturated carbocycles. The molecule has 0 radical (unpaired) electrons. The summed E-state index contributed by atoms with van der Waals surface area (Å²) in [6, 6.07) is 9.37. The molecule has 1 atom stereocenters. The number of ether oxygens (including phenoxy) is 2. The zero-order valence-corrected chi connectivity index (χ0v) is 16.4. The summed E-state index contributed by atoms with van der Waals surface area (Å²) in [5.74, 6) is 0.747. The van der Waals surface area contributed by atoms with Gasteiger partial charge in [-0.15, -0.1) is 0 Å². The van der Waals surface area contributed by atoms with Crippen LogP contribution in [0.15, 0.2) is 36.4 Å². The number of hydrogen-bond donors (Lipinski definition) is 1. The van der Waals surface area contributed by atoms with Crippen molar-refractivity contribution in [3.8, 4) is 11.5 Å². The van der Waals surface area contributed by atoms with Gasteiger partial charge in [-0.05, 0) is 43.2 Å². The van der Waals surface area contributed by atoms with Gasteiger partial charge in [0, 0.05) is 33.9 Å². The number of benzene rings is 2. The maximum absolute atomic E-state index is 12.9. The number of fused-ring (bicyclic) bond motifs is 1. The highest BCUT2D eigenvalue weighted by Gasteiger charge is 2.35. The Balaban J connectivity index is 1.50. The minimum atomic E-state index is -0.557. The number of halogens is 2. The van der Waals surface area contributed by atoms with E-state index in [2.05, 4.69) is 5.32 Å². The van der Waals surface area contributed by atoms with Crippen LogP contribution >= 0.6 is 23.2 Å². The van der Waals surface area contributed by atoms with Gasteiger partial charge in [-0.3, -0.25) is 9.59 Å². The first-order valence-electron chi connectivity index (χ1n) is 8.99. The van der Waals surface area contributed by atoms with E-state index >= 15 is 0 Å². The molecule has 1 saturated heterocycles. The molecule has 2 aliphatic heterocycles. The number of likely N-dealkylation sites (tertiary alicyclic amines) is 1. The molecule has 1 unspecified atom stereocenters. The molecule has 0 aromatic heterocycles. The lowest BCUT2D eigenvalue weighted by Crippen LogP contribution is -2.43. The molecule has 0 bridgehead atoms. The van der Waals surface area contributed by atoms with E-state index in [1.807, 2.05) is 0 Å². The zero-order chi connectivity index (χ0) is 19.7. The van der Waals surface area contributed by atoms with Crippen LogP contribution in [0.4, 0.5) is 5.69 Å². The molecule has 1 fully saturated rings. The van der Waals surface area contributed by atoms with Gasteiger partial charge in [0.05, 0.1) is 0 Å². The van der Waals surface area contributed by atoms with Crippen LogP contribution in [0.25, 0.3) is 0 Å². The first-order chi connectivity index (χ1) is 13.5. The Morgan fingerprint density at radius 1 is 1.00 bits per heavy atom. The second-order valence-corrected chi connectivity index (χ2v) is 7.54. The minimum absolute atomic E-state index is 0.240. The second kappa shape index (κ2) is 7.89. The average molecular weight is 421 g/mol. The maximum Gasteiger partial charge on any atom is 0.254 e. The predicted octanol–water partition coefficient (Wildman–Crippen LogP) is 4.01. The third kappa shape index (κ3) is 3.88. The number of hydrogen-bond acceptors (Lipinski definition) is 4. The lowest BCUT2D eigenvalue weighted by atomic mass is 10.1. The van der Waals surface area contributed by atoms with E-state index in [0.29, 0.717) is 59.0 Å². The van der Waals surface area contributed by atoms with Crippen molar-refractivity contribution < 1.29 is 19.1 Å². The molecule has 146 valence electrons. The quantitative estimate of drug-likeness (QED) is 0.814. The fourth-order valence-electron chi connectivity index (χ4n) is 3.47. The summed E-state index contributed by atoms with van der Waals surface area (Å²) < 4.78 is 11.0. The molecule has 1 N–H and O–H groups in total. The Bertz CT molecular complexity index is 914. The van der Waals surface area contributed by atoms with Crippen molar-refractivity contribution in [1.29, 1.82) is 0 Å². The first kappa shape index (κ1) is 18.9. The first-order valence-corrected chi connectivity index (χ1v) is 9.74. The van der Waals surface area contributed by atoms with E-state index in [1.54, 1.807) is 41.3 Å². The molecule has 2 amide bonds. The van der Waals surface area contributed by atoms with Crippen LogP contribution in [-0.4, -0.2) is 42.5 Å². The van der Waals surface area contributed by atoms with E-state index in [-0.39, 0.29) is 11.8 Å². The number of nitrogens with one attached hydrogen (secondary N) is 1. The summed E-state index contributed by atoms with van der Waals surface area (Å²) in [5, 5.41) is 3.64. The SMILES string of the molecule is O=C(Nc1ccc2c(c1)OCCO2)C1CCCN1C(=O)c1cc(Cl)cc(Cl)c1. The van der Waals surface area contributed by atoms with E-state index in [9.17, 15) is 9.59 Å². The molecule has 0 aliphatic carbocycles. The summed E-state index contributed by atoms with van der Waals surface area (Å²) in [7, 11) is 0. The van der Waals surface area contributed by atoms with Crippen molar-refractivity contribution in [2.24, 2.45) is 0 Å². The van der Waals surface area contributed by atoms with E-state index in [1.165, 1.54) is 0 Å². The number of amides is 2. The molecule has 2 aromatic rings. The van der Waals surface area contributed by atoms with Gasteiger partial charge in [-0.25, -0.2) is 0 Å². The van der Waals surface area contributed by atoms with E-state index in [4.69, 9.17) is 32.7 Å².